The van der Waals surface area contributed by atoms with Crippen molar-refractivity contribution < 1.29 is 22.7 Å². The van der Waals surface area contributed by atoms with E-state index in [0.717, 1.165) is 15.4 Å². The Morgan fingerprint density at radius 2 is 1.58 bits per heavy atom. The number of anilines is 1. The third-order valence-corrected chi connectivity index (χ3v) is 8.58. The lowest BCUT2D eigenvalue weighted by atomic mass is 10.2. The predicted molar refractivity (Wildman–Crippen MR) is 171 cm³/mol. The molecule has 43 heavy (non-hydrogen) atoms. The van der Waals surface area contributed by atoms with E-state index < -0.39 is 22.5 Å². The van der Waals surface area contributed by atoms with Crippen LogP contribution >= 0.6 is 23.2 Å². The molecule has 0 fully saturated rings. The number of sulfonamides is 1. The van der Waals surface area contributed by atoms with Crippen LogP contribution in [0.1, 0.15) is 29.2 Å². The molecule has 0 aliphatic rings. The number of nitrogens with zero attached hydrogens (tertiary/aromatic N) is 2. The molecule has 4 aromatic carbocycles. The summed E-state index contributed by atoms with van der Waals surface area (Å²) in [6, 6.07) is 23.9. The van der Waals surface area contributed by atoms with Crippen LogP contribution in [0.25, 0.3) is 0 Å². The number of carbonyl (C=O) groups is 1. The molecule has 0 heterocycles. The first-order valence-electron chi connectivity index (χ1n) is 13.4. The highest BCUT2D eigenvalue weighted by molar-refractivity contribution is 7.92. The molecule has 224 valence electrons. The van der Waals surface area contributed by atoms with Crippen LogP contribution in [0.3, 0.4) is 0 Å². The Balaban J connectivity index is 1.49. The second-order valence-electron chi connectivity index (χ2n) is 9.60. The molecule has 0 radical (unpaired) electrons. The number of carbonyl (C=O) groups excluding carboxylic acids is 1. The summed E-state index contributed by atoms with van der Waals surface area (Å²) in [6.45, 7) is 5.70. The summed E-state index contributed by atoms with van der Waals surface area (Å²) in [7, 11) is -4.10. The van der Waals surface area contributed by atoms with Gasteiger partial charge in [-0.05, 0) is 92.1 Å². The second kappa shape index (κ2) is 14.4. The molecule has 1 amide bonds. The molecule has 0 spiro atoms. The van der Waals surface area contributed by atoms with Gasteiger partial charge in [0.05, 0.1) is 23.4 Å². The van der Waals surface area contributed by atoms with Crippen molar-refractivity contribution >= 4 is 51.0 Å². The highest BCUT2D eigenvalue weighted by Gasteiger charge is 2.28. The van der Waals surface area contributed by atoms with Crippen molar-refractivity contribution in [2.75, 3.05) is 17.5 Å². The van der Waals surface area contributed by atoms with Crippen LogP contribution in [0.5, 0.6) is 11.5 Å². The van der Waals surface area contributed by atoms with Gasteiger partial charge in [-0.3, -0.25) is 9.10 Å². The van der Waals surface area contributed by atoms with Gasteiger partial charge in [-0.2, -0.15) is 5.10 Å². The molecule has 0 aliphatic heterocycles. The molecular formula is C32H31Cl2N3O5S. The van der Waals surface area contributed by atoms with Gasteiger partial charge in [0.1, 0.15) is 13.2 Å². The molecule has 0 atom stereocenters. The number of benzene rings is 4. The molecular weight excluding hydrogens is 609 g/mol. The Labute approximate surface area is 261 Å². The SMILES string of the molecule is CCOc1cc(/C=N\NC(=O)CN(c2cc(Cl)ccc2C)S(=O)(=O)c2ccc(C)cc2)ccc1OCc1ccc(Cl)cc1. The zero-order chi connectivity index (χ0) is 31.0. The van der Waals surface area contributed by atoms with E-state index in [0.29, 0.717) is 51.6 Å². The van der Waals surface area contributed by atoms with Crippen molar-refractivity contribution in [3.63, 3.8) is 0 Å². The van der Waals surface area contributed by atoms with Crippen LogP contribution in [0.4, 0.5) is 5.69 Å². The summed E-state index contributed by atoms with van der Waals surface area (Å²) >= 11 is 12.2. The highest BCUT2D eigenvalue weighted by atomic mass is 35.5. The second-order valence-corrected chi connectivity index (χ2v) is 12.3. The Kier molecular flexibility index (Phi) is 10.7. The molecule has 0 saturated heterocycles. The summed E-state index contributed by atoms with van der Waals surface area (Å²) < 4.78 is 40.0. The van der Waals surface area contributed by atoms with Crippen molar-refractivity contribution in [1.29, 1.82) is 0 Å². The standard InChI is InChI=1S/C32H31Cl2N3O5S/c1-4-41-31-17-25(10-16-30(31)42-21-24-8-12-26(33)13-9-24)19-35-36-32(38)20-37(29-18-27(34)11-7-23(29)3)43(39,40)28-14-5-22(2)6-15-28/h5-19H,4,20-21H2,1-3H3,(H,36,38)/b35-19-. The molecule has 8 nitrogen and oxygen atoms in total. The first-order valence-corrected chi connectivity index (χ1v) is 15.6. The van der Waals surface area contributed by atoms with Gasteiger partial charge in [-0.25, -0.2) is 13.8 Å². The van der Waals surface area contributed by atoms with E-state index in [1.54, 1.807) is 61.5 Å². The van der Waals surface area contributed by atoms with E-state index in [-0.39, 0.29) is 4.90 Å². The van der Waals surface area contributed by atoms with E-state index in [9.17, 15) is 13.2 Å². The van der Waals surface area contributed by atoms with E-state index in [4.69, 9.17) is 32.7 Å². The molecule has 0 bridgehead atoms. The van der Waals surface area contributed by atoms with Crippen molar-refractivity contribution in [2.45, 2.75) is 32.3 Å². The predicted octanol–water partition coefficient (Wildman–Crippen LogP) is 6.93. The van der Waals surface area contributed by atoms with Gasteiger partial charge < -0.3 is 9.47 Å². The Bertz CT molecular complexity index is 1710. The number of hydrazone groups is 1. The first kappa shape index (κ1) is 31.9. The van der Waals surface area contributed by atoms with Crippen molar-refractivity contribution in [1.82, 2.24) is 5.43 Å². The molecule has 0 aromatic heterocycles. The quantitative estimate of drug-likeness (QED) is 0.134. The summed E-state index contributed by atoms with van der Waals surface area (Å²) in [5.41, 5.74) is 5.85. The smallest absolute Gasteiger partial charge is 0.264 e. The molecule has 4 rings (SSSR count). The van der Waals surface area contributed by atoms with Gasteiger partial charge in [0.2, 0.25) is 0 Å². The third-order valence-electron chi connectivity index (χ3n) is 6.31. The van der Waals surface area contributed by atoms with E-state index in [1.165, 1.54) is 24.4 Å². The fraction of sp³-hybridized carbons (Fsp3) is 0.188. The van der Waals surface area contributed by atoms with Crippen molar-refractivity contribution in [3.05, 3.63) is 117 Å². The average molecular weight is 641 g/mol. The number of hydrogen-bond donors (Lipinski definition) is 1. The maximum Gasteiger partial charge on any atom is 0.264 e. The number of halogens is 2. The van der Waals surface area contributed by atoms with Crippen LogP contribution in [-0.2, 0) is 21.4 Å². The van der Waals surface area contributed by atoms with Gasteiger partial charge in [-0.15, -0.1) is 0 Å². The molecule has 11 heteroatoms. The van der Waals surface area contributed by atoms with Crippen LogP contribution in [-0.4, -0.2) is 33.7 Å². The largest absolute Gasteiger partial charge is 0.490 e. The van der Waals surface area contributed by atoms with E-state index in [2.05, 4.69) is 10.5 Å². The normalized spacial score (nSPS) is 11.4. The highest BCUT2D eigenvalue weighted by Crippen LogP contribution is 2.30. The van der Waals surface area contributed by atoms with Crippen LogP contribution in [0, 0.1) is 13.8 Å². The number of nitrogens with one attached hydrogen (secondary N) is 1. The minimum Gasteiger partial charge on any atom is -0.490 e. The summed E-state index contributed by atoms with van der Waals surface area (Å²) in [5, 5.41) is 5.04. The molecule has 4 aromatic rings. The van der Waals surface area contributed by atoms with Crippen molar-refractivity contribution in [3.8, 4) is 11.5 Å². The van der Waals surface area contributed by atoms with Gasteiger partial charge in [0.15, 0.2) is 11.5 Å². The Morgan fingerprint density at radius 1 is 0.884 bits per heavy atom. The van der Waals surface area contributed by atoms with E-state index >= 15 is 0 Å². The number of amides is 1. The molecule has 0 unspecified atom stereocenters. The van der Waals surface area contributed by atoms with Crippen LogP contribution in [0.2, 0.25) is 10.0 Å². The maximum absolute atomic E-state index is 13.7. The summed E-state index contributed by atoms with van der Waals surface area (Å²) in [6.07, 6.45) is 1.44. The zero-order valence-electron chi connectivity index (χ0n) is 23.9. The lowest BCUT2D eigenvalue weighted by Crippen LogP contribution is -2.40. The Hall–Kier alpha value is -4.05. The fourth-order valence-corrected chi connectivity index (χ4v) is 5.84. The Morgan fingerprint density at radius 3 is 2.28 bits per heavy atom. The lowest BCUT2D eigenvalue weighted by molar-refractivity contribution is -0.119. The zero-order valence-corrected chi connectivity index (χ0v) is 26.2. The van der Waals surface area contributed by atoms with E-state index in [1.807, 2.05) is 26.0 Å². The summed E-state index contributed by atoms with van der Waals surface area (Å²) in [5.74, 6) is 0.421. The lowest BCUT2D eigenvalue weighted by Gasteiger charge is -2.25. The van der Waals surface area contributed by atoms with Crippen LogP contribution < -0.4 is 19.2 Å². The van der Waals surface area contributed by atoms with Crippen molar-refractivity contribution in [2.24, 2.45) is 5.10 Å². The average Bonchev–Trinajstić information content (AvgIpc) is 2.98. The van der Waals surface area contributed by atoms with Gasteiger partial charge in [0, 0.05) is 10.0 Å². The van der Waals surface area contributed by atoms with Gasteiger partial charge >= 0.3 is 0 Å². The molecule has 0 aliphatic carbocycles. The summed E-state index contributed by atoms with van der Waals surface area (Å²) in [4.78, 5) is 13.0. The molecule has 1 N–H and O–H groups in total. The molecule has 0 saturated carbocycles. The number of rotatable bonds is 12. The number of aryl methyl sites for hydroxylation is 2. The first-order chi connectivity index (χ1) is 20.6. The van der Waals surface area contributed by atoms with Gasteiger partial charge in [-0.1, -0.05) is 59.1 Å². The number of ether oxygens (including phenoxy) is 2. The monoisotopic (exact) mass is 639 g/mol. The van der Waals surface area contributed by atoms with Crippen LogP contribution in [0.15, 0.2) is 94.9 Å². The fourth-order valence-electron chi connectivity index (χ4n) is 4.07. The topological polar surface area (TPSA) is 97.3 Å². The minimum atomic E-state index is -4.10. The minimum absolute atomic E-state index is 0.0515. The maximum atomic E-state index is 13.7. The third kappa shape index (κ3) is 8.50. The van der Waals surface area contributed by atoms with Gasteiger partial charge in [0.25, 0.3) is 15.9 Å². The number of hydrogen-bond acceptors (Lipinski definition) is 6.